The number of hydrogen-bond donors (Lipinski definition) is 1. The van der Waals surface area contributed by atoms with Crippen molar-refractivity contribution in [1.29, 1.82) is 0 Å². The molecule has 2 saturated carbocycles. The van der Waals surface area contributed by atoms with E-state index in [1.807, 2.05) is 0 Å². The first-order valence-electron chi connectivity index (χ1n) is 4.14. The Morgan fingerprint density at radius 2 is 2.00 bits per heavy atom. The molecule has 0 spiro atoms. The van der Waals surface area contributed by atoms with E-state index in [0.717, 1.165) is 25.3 Å². The lowest BCUT2D eigenvalue weighted by atomic mass is 10.3. The Hall–Kier alpha value is -0.530. The average Bonchev–Trinajstić information content (AvgIpc) is 2.76. The van der Waals surface area contributed by atoms with Crippen molar-refractivity contribution in [2.75, 3.05) is 6.54 Å². The molecule has 2 rings (SSSR count). The van der Waals surface area contributed by atoms with Gasteiger partial charge in [0.05, 0.1) is 0 Å². The van der Waals surface area contributed by atoms with Gasteiger partial charge in [0.2, 0.25) is 5.91 Å². The molecular weight excluding hydrogens is 126 g/mol. The molecular formula is C8H13NO. The molecule has 2 nitrogen and oxygen atoms in total. The first-order valence-corrected chi connectivity index (χ1v) is 4.14. The molecule has 1 N–H and O–H groups in total. The molecule has 2 aliphatic carbocycles. The maximum atomic E-state index is 11.0. The van der Waals surface area contributed by atoms with Crippen LogP contribution in [0.1, 0.15) is 25.7 Å². The molecule has 0 saturated heterocycles. The third-order valence-corrected chi connectivity index (χ3v) is 2.21. The largest absolute Gasteiger partial charge is 0.356 e. The van der Waals surface area contributed by atoms with Crippen LogP contribution in [0, 0.1) is 11.8 Å². The lowest BCUT2D eigenvalue weighted by molar-refractivity contribution is -0.122. The predicted octanol–water partition coefficient (Wildman–Crippen LogP) is 0.923. The standard InChI is InChI=1S/C8H13NO/c10-8(7-3-4-7)9-5-6-1-2-6/h6-7H,1-5H2,(H,9,10). The van der Waals surface area contributed by atoms with Gasteiger partial charge < -0.3 is 5.32 Å². The van der Waals surface area contributed by atoms with E-state index < -0.39 is 0 Å². The highest BCUT2D eigenvalue weighted by molar-refractivity contribution is 5.80. The Morgan fingerprint density at radius 1 is 1.30 bits per heavy atom. The Balaban J connectivity index is 1.63. The molecule has 1 amide bonds. The van der Waals surface area contributed by atoms with Crippen molar-refractivity contribution in [1.82, 2.24) is 5.32 Å². The van der Waals surface area contributed by atoms with Crippen LogP contribution in [0.15, 0.2) is 0 Å². The number of rotatable bonds is 3. The van der Waals surface area contributed by atoms with Crippen molar-refractivity contribution in [3.05, 3.63) is 0 Å². The van der Waals surface area contributed by atoms with Gasteiger partial charge in [0.25, 0.3) is 0 Å². The second-order valence-electron chi connectivity index (χ2n) is 3.46. The van der Waals surface area contributed by atoms with Gasteiger partial charge in [0.1, 0.15) is 0 Å². The Labute approximate surface area is 61.0 Å². The molecule has 10 heavy (non-hydrogen) atoms. The highest BCUT2D eigenvalue weighted by Gasteiger charge is 2.30. The van der Waals surface area contributed by atoms with Crippen molar-refractivity contribution >= 4 is 5.91 Å². The number of carbonyl (C=O) groups is 1. The van der Waals surface area contributed by atoms with E-state index in [1.165, 1.54) is 12.8 Å². The van der Waals surface area contributed by atoms with Crippen LogP contribution in [0.3, 0.4) is 0 Å². The zero-order valence-corrected chi connectivity index (χ0v) is 6.10. The van der Waals surface area contributed by atoms with Gasteiger partial charge >= 0.3 is 0 Å². The summed E-state index contributed by atoms with van der Waals surface area (Å²) in [7, 11) is 0. The number of hydrogen-bond acceptors (Lipinski definition) is 1. The Morgan fingerprint density at radius 3 is 2.50 bits per heavy atom. The van der Waals surface area contributed by atoms with Crippen LogP contribution in [0.4, 0.5) is 0 Å². The minimum Gasteiger partial charge on any atom is -0.356 e. The molecule has 0 radical (unpaired) electrons. The zero-order chi connectivity index (χ0) is 6.97. The quantitative estimate of drug-likeness (QED) is 0.619. The molecule has 2 aliphatic rings. The Bertz CT molecular complexity index is 147. The molecule has 0 unspecified atom stereocenters. The summed E-state index contributed by atoms with van der Waals surface area (Å²) in [6, 6.07) is 0. The summed E-state index contributed by atoms with van der Waals surface area (Å²) in [5.74, 6) is 1.51. The van der Waals surface area contributed by atoms with Gasteiger partial charge in [-0.15, -0.1) is 0 Å². The summed E-state index contributed by atoms with van der Waals surface area (Å²) in [6.07, 6.45) is 4.89. The maximum absolute atomic E-state index is 11.0. The summed E-state index contributed by atoms with van der Waals surface area (Å²) < 4.78 is 0. The van der Waals surface area contributed by atoms with Crippen molar-refractivity contribution in [3.63, 3.8) is 0 Å². The molecule has 0 heterocycles. The molecule has 56 valence electrons. The van der Waals surface area contributed by atoms with Gasteiger partial charge in [0.15, 0.2) is 0 Å². The van der Waals surface area contributed by atoms with Crippen LogP contribution in [0.25, 0.3) is 0 Å². The van der Waals surface area contributed by atoms with Gasteiger partial charge in [-0.25, -0.2) is 0 Å². The van der Waals surface area contributed by atoms with Crippen molar-refractivity contribution in [2.45, 2.75) is 25.7 Å². The van der Waals surface area contributed by atoms with Crippen molar-refractivity contribution < 1.29 is 4.79 Å². The van der Waals surface area contributed by atoms with Crippen LogP contribution in [-0.4, -0.2) is 12.5 Å². The number of amides is 1. The van der Waals surface area contributed by atoms with Gasteiger partial charge in [-0.05, 0) is 31.6 Å². The lowest BCUT2D eigenvalue weighted by Gasteiger charge is -2.00. The van der Waals surface area contributed by atoms with Crippen LogP contribution < -0.4 is 5.32 Å². The molecule has 0 aromatic rings. The van der Waals surface area contributed by atoms with Gasteiger partial charge in [0, 0.05) is 12.5 Å². The van der Waals surface area contributed by atoms with Gasteiger partial charge in [-0.1, -0.05) is 0 Å². The average molecular weight is 139 g/mol. The Kier molecular flexibility index (Phi) is 1.40. The third kappa shape index (κ3) is 1.49. The van der Waals surface area contributed by atoms with Crippen LogP contribution >= 0.6 is 0 Å². The maximum Gasteiger partial charge on any atom is 0.223 e. The topological polar surface area (TPSA) is 29.1 Å². The molecule has 0 aromatic heterocycles. The summed E-state index contributed by atoms with van der Waals surface area (Å²) in [4.78, 5) is 11.0. The van der Waals surface area contributed by atoms with E-state index in [9.17, 15) is 4.79 Å². The summed E-state index contributed by atoms with van der Waals surface area (Å²) in [6.45, 7) is 0.940. The van der Waals surface area contributed by atoms with E-state index in [0.29, 0.717) is 11.8 Å². The fourth-order valence-corrected chi connectivity index (χ4v) is 1.06. The normalized spacial score (nSPS) is 24.4. The van der Waals surface area contributed by atoms with Crippen molar-refractivity contribution in [3.8, 4) is 0 Å². The predicted molar refractivity (Wildman–Crippen MR) is 38.5 cm³/mol. The lowest BCUT2D eigenvalue weighted by Crippen LogP contribution is -2.26. The molecule has 0 aromatic carbocycles. The van der Waals surface area contributed by atoms with Gasteiger partial charge in [-0.3, -0.25) is 4.79 Å². The van der Waals surface area contributed by atoms with Crippen LogP contribution in [0.5, 0.6) is 0 Å². The van der Waals surface area contributed by atoms with E-state index in [2.05, 4.69) is 5.32 Å². The van der Waals surface area contributed by atoms with E-state index in [4.69, 9.17) is 0 Å². The molecule has 2 fully saturated rings. The van der Waals surface area contributed by atoms with E-state index >= 15 is 0 Å². The van der Waals surface area contributed by atoms with Crippen LogP contribution in [-0.2, 0) is 4.79 Å². The second kappa shape index (κ2) is 2.26. The highest BCUT2D eigenvalue weighted by Crippen LogP contribution is 2.30. The zero-order valence-electron chi connectivity index (χ0n) is 6.10. The van der Waals surface area contributed by atoms with Gasteiger partial charge in [-0.2, -0.15) is 0 Å². The van der Waals surface area contributed by atoms with Crippen LogP contribution in [0.2, 0.25) is 0 Å². The molecule has 0 atom stereocenters. The summed E-state index contributed by atoms with van der Waals surface area (Å²) >= 11 is 0. The number of nitrogens with one attached hydrogen (secondary N) is 1. The van der Waals surface area contributed by atoms with E-state index in [1.54, 1.807) is 0 Å². The second-order valence-corrected chi connectivity index (χ2v) is 3.46. The van der Waals surface area contributed by atoms with E-state index in [-0.39, 0.29) is 0 Å². The minimum absolute atomic E-state index is 0.298. The molecule has 0 bridgehead atoms. The fourth-order valence-electron chi connectivity index (χ4n) is 1.06. The highest BCUT2D eigenvalue weighted by atomic mass is 16.2. The first kappa shape index (κ1) is 6.20. The minimum atomic E-state index is 0.298. The first-order chi connectivity index (χ1) is 4.86. The number of carbonyl (C=O) groups excluding carboxylic acids is 1. The third-order valence-electron chi connectivity index (χ3n) is 2.21. The summed E-state index contributed by atoms with van der Waals surface area (Å²) in [5, 5.41) is 2.97. The molecule has 0 aliphatic heterocycles. The summed E-state index contributed by atoms with van der Waals surface area (Å²) in [5.41, 5.74) is 0. The fraction of sp³-hybridized carbons (Fsp3) is 0.875. The van der Waals surface area contributed by atoms with Crippen molar-refractivity contribution in [2.24, 2.45) is 11.8 Å². The smallest absolute Gasteiger partial charge is 0.223 e. The monoisotopic (exact) mass is 139 g/mol. The molecule has 2 heteroatoms. The SMILES string of the molecule is O=C(NCC1CC1)C1CC1.